The summed E-state index contributed by atoms with van der Waals surface area (Å²) < 4.78 is 2.22. The molecule has 0 aliphatic heterocycles. The van der Waals surface area contributed by atoms with Crippen molar-refractivity contribution < 1.29 is 0 Å². The van der Waals surface area contributed by atoms with Gasteiger partial charge in [0.15, 0.2) is 0 Å². The van der Waals surface area contributed by atoms with Crippen molar-refractivity contribution in [1.82, 2.24) is 14.9 Å². The molecule has 0 amide bonds. The molecule has 3 nitrogen and oxygen atoms in total. The Balaban J connectivity index is 1.85. The van der Waals surface area contributed by atoms with Crippen LogP contribution in [0.3, 0.4) is 0 Å². The summed E-state index contributed by atoms with van der Waals surface area (Å²) in [5.41, 5.74) is 0. The van der Waals surface area contributed by atoms with E-state index < -0.39 is 0 Å². The van der Waals surface area contributed by atoms with Gasteiger partial charge in [-0.15, -0.1) is 0 Å². The lowest BCUT2D eigenvalue weighted by Gasteiger charge is -2.18. The Morgan fingerprint density at radius 1 is 1.57 bits per heavy atom. The molecule has 1 aromatic heterocycles. The van der Waals surface area contributed by atoms with Crippen LogP contribution in [0.5, 0.6) is 0 Å². The first-order valence-electron chi connectivity index (χ1n) is 5.61. The van der Waals surface area contributed by atoms with E-state index in [-0.39, 0.29) is 0 Å². The van der Waals surface area contributed by atoms with E-state index in [1.807, 2.05) is 12.5 Å². The highest BCUT2D eigenvalue weighted by molar-refractivity contribution is 4.86. The number of hydrogen-bond donors (Lipinski definition) is 1. The second kappa shape index (κ2) is 4.60. The molecule has 0 bridgehead atoms. The van der Waals surface area contributed by atoms with Crippen molar-refractivity contribution in [3.63, 3.8) is 0 Å². The average molecular weight is 193 g/mol. The predicted molar refractivity (Wildman–Crippen MR) is 57.2 cm³/mol. The number of nitrogens with one attached hydrogen (secondary N) is 1. The summed E-state index contributed by atoms with van der Waals surface area (Å²) in [5.74, 6) is 0. The maximum atomic E-state index is 4.10. The van der Waals surface area contributed by atoms with Gasteiger partial charge in [0.1, 0.15) is 0 Å². The Hall–Kier alpha value is -0.830. The van der Waals surface area contributed by atoms with Gasteiger partial charge in [0.2, 0.25) is 0 Å². The number of imidazole rings is 1. The fourth-order valence-corrected chi connectivity index (χ4v) is 1.77. The van der Waals surface area contributed by atoms with Crippen molar-refractivity contribution >= 4 is 0 Å². The molecular weight excluding hydrogens is 174 g/mol. The highest BCUT2D eigenvalue weighted by Crippen LogP contribution is 2.20. The summed E-state index contributed by atoms with van der Waals surface area (Å²) in [6.07, 6.45) is 11.0. The first-order chi connectivity index (χ1) is 6.90. The largest absolute Gasteiger partial charge is 0.333 e. The Labute approximate surface area is 85.5 Å². The zero-order valence-electron chi connectivity index (χ0n) is 8.82. The SMILES string of the molecule is CCCC(CNC1CC1)n1ccnc1. The molecule has 1 saturated carbocycles. The lowest BCUT2D eigenvalue weighted by molar-refractivity contribution is 0.426. The van der Waals surface area contributed by atoms with E-state index in [1.165, 1.54) is 25.7 Å². The molecule has 1 heterocycles. The van der Waals surface area contributed by atoms with E-state index >= 15 is 0 Å². The second-order valence-corrected chi connectivity index (χ2v) is 4.13. The van der Waals surface area contributed by atoms with Gasteiger partial charge in [0.05, 0.1) is 6.33 Å². The Morgan fingerprint density at radius 2 is 2.43 bits per heavy atom. The van der Waals surface area contributed by atoms with E-state index in [2.05, 4.69) is 28.0 Å². The fraction of sp³-hybridized carbons (Fsp3) is 0.727. The number of rotatable bonds is 6. The van der Waals surface area contributed by atoms with Crippen LogP contribution in [0.15, 0.2) is 18.7 Å². The number of hydrogen-bond acceptors (Lipinski definition) is 2. The predicted octanol–water partition coefficient (Wildman–Crippen LogP) is 1.98. The molecule has 1 atom stereocenters. The fourth-order valence-electron chi connectivity index (χ4n) is 1.77. The first kappa shape index (κ1) is 9.71. The van der Waals surface area contributed by atoms with Gasteiger partial charge in [0, 0.05) is 31.0 Å². The minimum Gasteiger partial charge on any atom is -0.333 e. The summed E-state index contributed by atoms with van der Waals surface area (Å²) >= 11 is 0. The van der Waals surface area contributed by atoms with Gasteiger partial charge in [-0.2, -0.15) is 0 Å². The third kappa shape index (κ3) is 2.58. The van der Waals surface area contributed by atoms with E-state index in [0.717, 1.165) is 12.6 Å². The Morgan fingerprint density at radius 3 is 3.00 bits per heavy atom. The summed E-state index contributed by atoms with van der Waals surface area (Å²) in [6.45, 7) is 3.33. The molecule has 1 aromatic rings. The van der Waals surface area contributed by atoms with E-state index in [1.54, 1.807) is 0 Å². The smallest absolute Gasteiger partial charge is 0.0948 e. The van der Waals surface area contributed by atoms with Crippen molar-refractivity contribution in [2.75, 3.05) is 6.54 Å². The second-order valence-electron chi connectivity index (χ2n) is 4.13. The summed E-state index contributed by atoms with van der Waals surface area (Å²) in [5, 5.41) is 3.58. The van der Waals surface area contributed by atoms with E-state index in [4.69, 9.17) is 0 Å². The van der Waals surface area contributed by atoms with Crippen molar-refractivity contribution in [1.29, 1.82) is 0 Å². The average Bonchev–Trinajstić information content (AvgIpc) is 2.86. The van der Waals surface area contributed by atoms with Crippen molar-refractivity contribution in [2.45, 2.75) is 44.7 Å². The first-order valence-corrected chi connectivity index (χ1v) is 5.61. The third-order valence-electron chi connectivity index (χ3n) is 2.79. The minimum atomic E-state index is 0.586. The summed E-state index contributed by atoms with van der Waals surface area (Å²) in [7, 11) is 0. The van der Waals surface area contributed by atoms with Crippen LogP contribution in [0.1, 0.15) is 38.6 Å². The maximum absolute atomic E-state index is 4.10. The molecule has 0 radical (unpaired) electrons. The molecule has 2 rings (SSSR count). The van der Waals surface area contributed by atoms with Crippen molar-refractivity contribution in [3.05, 3.63) is 18.7 Å². The van der Waals surface area contributed by atoms with Crippen LogP contribution in [0, 0.1) is 0 Å². The Bertz CT molecular complexity index is 252. The van der Waals surface area contributed by atoms with Crippen molar-refractivity contribution in [3.8, 4) is 0 Å². The van der Waals surface area contributed by atoms with Crippen molar-refractivity contribution in [2.24, 2.45) is 0 Å². The molecule has 0 aromatic carbocycles. The monoisotopic (exact) mass is 193 g/mol. The minimum absolute atomic E-state index is 0.586. The molecule has 1 aliphatic rings. The molecular formula is C11H19N3. The molecule has 1 fully saturated rings. The van der Waals surface area contributed by atoms with Crippen LogP contribution in [-0.2, 0) is 0 Å². The van der Waals surface area contributed by atoms with Gasteiger partial charge >= 0.3 is 0 Å². The lowest BCUT2D eigenvalue weighted by atomic mass is 10.1. The summed E-state index contributed by atoms with van der Waals surface area (Å²) in [4.78, 5) is 4.10. The topological polar surface area (TPSA) is 29.9 Å². The normalized spacial score (nSPS) is 18.4. The molecule has 1 aliphatic carbocycles. The molecule has 1 N–H and O–H groups in total. The van der Waals surface area contributed by atoms with Gasteiger partial charge in [-0.05, 0) is 19.3 Å². The van der Waals surface area contributed by atoms with E-state index in [9.17, 15) is 0 Å². The van der Waals surface area contributed by atoms with Crippen LogP contribution in [-0.4, -0.2) is 22.1 Å². The highest BCUT2D eigenvalue weighted by Gasteiger charge is 2.21. The van der Waals surface area contributed by atoms with Crippen LogP contribution in [0.2, 0.25) is 0 Å². The number of nitrogens with zero attached hydrogens (tertiary/aromatic N) is 2. The standard InChI is InChI=1S/C11H19N3/c1-2-3-11(8-13-10-4-5-10)14-7-6-12-9-14/h6-7,9-11,13H,2-5,8H2,1H3. The van der Waals surface area contributed by atoms with Gasteiger partial charge in [-0.25, -0.2) is 4.98 Å². The molecule has 1 unspecified atom stereocenters. The zero-order chi connectivity index (χ0) is 9.80. The molecule has 78 valence electrons. The van der Waals surface area contributed by atoms with Crippen LogP contribution < -0.4 is 5.32 Å². The molecule has 0 saturated heterocycles. The van der Waals surface area contributed by atoms with Gasteiger partial charge < -0.3 is 9.88 Å². The Kier molecular flexibility index (Phi) is 3.19. The van der Waals surface area contributed by atoms with Gasteiger partial charge in [-0.1, -0.05) is 13.3 Å². The molecule has 3 heteroatoms. The van der Waals surface area contributed by atoms with Gasteiger partial charge in [0.25, 0.3) is 0 Å². The van der Waals surface area contributed by atoms with Gasteiger partial charge in [-0.3, -0.25) is 0 Å². The van der Waals surface area contributed by atoms with Crippen LogP contribution in [0.4, 0.5) is 0 Å². The highest BCUT2D eigenvalue weighted by atomic mass is 15.1. The zero-order valence-corrected chi connectivity index (χ0v) is 8.82. The van der Waals surface area contributed by atoms with Crippen LogP contribution >= 0.6 is 0 Å². The molecule has 0 spiro atoms. The molecule has 14 heavy (non-hydrogen) atoms. The maximum Gasteiger partial charge on any atom is 0.0948 e. The number of aromatic nitrogens is 2. The lowest BCUT2D eigenvalue weighted by Crippen LogP contribution is -2.26. The summed E-state index contributed by atoms with van der Waals surface area (Å²) in [6, 6.07) is 1.39. The van der Waals surface area contributed by atoms with E-state index in [0.29, 0.717) is 6.04 Å². The van der Waals surface area contributed by atoms with Crippen LogP contribution in [0.25, 0.3) is 0 Å². The third-order valence-corrected chi connectivity index (χ3v) is 2.79. The quantitative estimate of drug-likeness (QED) is 0.748.